The van der Waals surface area contributed by atoms with E-state index in [0.29, 0.717) is 24.5 Å². The Kier molecular flexibility index (Phi) is 8.42. The van der Waals surface area contributed by atoms with E-state index in [1.807, 2.05) is 4.40 Å². The van der Waals surface area contributed by atoms with E-state index >= 15 is 0 Å². The third-order valence-corrected chi connectivity index (χ3v) is 5.99. The van der Waals surface area contributed by atoms with Gasteiger partial charge in [-0.15, -0.1) is 0 Å². The monoisotopic (exact) mass is 487 g/mol. The van der Waals surface area contributed by atoms with Crippen LogP contribution in [0.1, 0.15) is 6.92 Å². The van der Waals surface area contributed by atoms with Crippen LogP contribution >= 0.6 is 11.6 Å². The summed E-state index contributed by atoms with van der Waals surface area (Å²) in [5.74, 6) is -1.77. The van der Waals surface area contributed by atoms with Gasteiger partial charge in [0.2, 0.25) is 0 Å². The van der Waals surface area contributed by atoms with Crippen LogP contribution in [0.3, 0.4) is 0 Å². The summed E-state index contributed by atoms with van der Waals surface area (Å²) in [6.45, 7) is 2.74. The molecule has 0 radical (unpaired) electrons. The molecule has 0 aromatic heterocycles. The summed E-state index contributed by atoms with van der Waals surface area (Å²) in [6, 6.07) is 5.96. The highest BCUT2D eigenvalue weighted by Gasteiger charge is 2.24. The first-order valence-corrected chi connectivity index (χ1v) is 11.3. The lowest BCUT2D eigenvalue weighted by Crippen LogP contribution is -2.78. The Bertz CT molecular complexity index is 1150. The number of rotatable bonds is 9. The molecule has 0 saturated heterocycles. The molecule has 0 atom stereocenters. The lowest BCUT2D eigenvalue weighted by Gasteiger charge is -2.23. The van der Waals surface area contributed by atoms with E-state index in [2.05, 4.69) is 10.6 Å². The van der Waals surface area contributed by atoms with Crippen molar-refractivity contribution in [1.82, 2.24) is 5.32 Å². The van der Waals surface area contributed by atoms with E-state index in [9.17, 15) is 17.2 Å². The van der Waals surface area contributed by atoms with Gasteiger partial charge >= 0.3 is 10.0 Å². The van der Waals surface area contributed by atoms with Crippen LogP contribution in [0.25, 0.3) is 0 Å². The standard InChI is InChI=1S/C20H25ClF2N6O2S/c1-12(24)8-20(25)28-32(30,31)19-10-14(21)17(11-15(19)23)27-16-5-4-13(22)9-18(16)29(3)7-6-26-2/h4-5,8-11,26-27H,6-7,24H2,1-3H3,(H2,25,28)/p+1/b12-8-. The van der Waals surface area contributed by atoms with Crippen molar-refractivity contribution >= 4 is 44.5 Å². The zero-order valence-electron chi connectivity index (χ0n) is 17.8. The molecule has 0 unspecified atom stereocenters. The molecule has 0 spiro atoms. The van der Waals surface area contributed by atoms with E-state index in [1.165, 1.54) is 31.2 Å². The van der Waals surface area contributed by atoms with Crippen molar-refractivity contribution in [3.05, 3.63) is 58.8 Å². The number of hydrogen-bond donors (Lipinski definition) is 5. The van der Waals surface area contributed by atoms with E-state index < -0.39 is 26.6 Å². The molecule has 0 aliphatic rings. The molecule has 0 aliphatic heterocycles. The summed E-state index contributed by atoms with van der Waals surface area (Å²) in [7, 11) is -0.776. The minimum Gasteiger partial charge on any atom is -0.402 e. The molecule has 174 valence electrons. The summed E-state index contributed by atoms with van der Waals surface area (Å²) >= 11 is 6.24. The van der Waals surface area contributed by atoms with Crippen LogP contribution in [0, 0.1) is 11.6 Å². The first-order valence-electron chi connectivity index (χ1n) is 9.45. The highest BCUT2D eigenvalue weighted by molar-refractivity contribution is 7.84. The van der Waals surface area contributed by atoms with Gasteiger partial charge in [-0.2, -0.15) is 12.8 Å². The van der Waals surface area contributed by atoms with E-state index in [-0.39, 0.29) is 22.2 Å². The molecule has 12 heteroatoms. The number of anilines is 3. The average molecular weight is 488 g/mol. The predicted octanol–water partition coefficient (Wildman–Crippen LogP) is 1.01. The molecule has 0 heterocycles. The van der Waals surface area contributed by atoms with Crippen LogP contribution in [-0.2, 0) is 10.0 Å². The molecule has 32 heavy (non-hydrogen) atoms. The fraction of sp³-hybridized carbons (Fsp3) is 0.250. The molecule has 0 aliphatic carbocycles. The number of hydrogen-bond acceptors (Lipinski definition) is 6. The Labute approximate surface area is 191 Å². The van der Waals surface area contributed by atoms with Gasteiger partial charge in [0, 0.05) is 38.0 Å². The van der Waals surface area contributed by atoms with Crippen LogP contribution in [0.4, 0.5) is 25.8 Å². The number of nitrogens with zero attached hydrogens (tertiary/aromatic N) is 1. The van der Waals surface area contributed by atoms with Gasteiger partial charge in [-0.05, 0) is 38.2 Å². The van der Waals surface area contributed by atoms with E-state index in [0.717, 1.165) is 12.1 Å². The van der Waals surface area contributed by atoms with Crippen LogP contribution in [0.2, 0.25) is 5.02 Å². The summed E-state index contributed by atoms with van der Waals surface area (Å²) in [5.41, 5.74) is 12.4. The second-order valence-electron chi connectivity index (χ2n) is 7.02. The maximum Gasteiger partial charge on any atom is 0.331 e. The first-order chi connectivity index (χ1) is 14.9. The summed E-state index contributed by atoms with van der Waals surface area (Å²) in [5, 5.41) is 5.88. The number of likely N-dealkylation sites (N-methyl/N-ethyl adjacent to an activating group) is 2. The molecule has 0 fully saturated rings. The molecule has 2 aromatic carbocycles. The minimum absolute atomic E-state index is 0.0657. The van der Waals surface area contributed by atoms with Crippen LogP contribution in [0.5, 0.6) is 0 Å². The van der Waals surface area contributed by atoms with Gasteiger partial charge in [-0.25, -0.2) is 8.78 Å². The van der Waals surface area contributed by atoms with E-state index in [4.69, 9.17) is 23.1 Å². The van der Waals surface area contributed by atoms with Crippen molar-refractivity contribution in [2.45, 2.75) is 11.8 Å². The van der Waals surface area contributed by atoms with Gasteiger partial charge in [-0.3, -0.25) is 5.73 Å². The average Bonchev–Trinajstić information content (AvgIpc) is 2.68. The zero-order valence-corrected chi connectivity index (χ0v) is 19.4. The second-order valence-corrected chi connectivity index (χ2v) is 9.08. The Morgan fingerprint density at radius 1 is 1.22 bits per heavy atom. The Morgan fingerprint density at radius 2 is 1.91 bits per heavy atom. The SMILES string of the molecule is CNCCN(C)c1cc(F)ccc1Nc1cc(F)c(S(=O)(=O)[NH+]=C(N)/C=C(/C)N)cc1Cl. The fourth-order valence-corrected chi connectivity index (χ4v) is 4.13. The van der Waals surface area contributed by atoms with Gasteiger partial charge in [0.1, 0.15) is 16.5 Å². The van der Waals surface area contributed by atoms with Crippen LogP contribution in [-0.4, -0.2) is 41.4 Å². The zero-order chi connectivity index (χ0) is 24.1. The molecule has 8 nitrogen and oxygen atoms in total. The quantitative estimate of drug-likeness (QED) is 0.264. The van der Waals surface area contributed by atoms with Gasteiger partial charge in [0.25, 0.3) is 5.84 Å². The number of allylic oxidation sites excluding steroid dienone is 1. The molecule has 2 aromatic rings. The Balaban J connectivity index is 2.43. The van der Waals surface area contributed by atoms with Gasteiger partial charge in [0.15, 0.2) is 0 Å². The highest BCUT2D eigenvalue weighted by atomic mass is 35.5. The van der Waals surface area contributed by atoms with Crippen molar-refractivity contribution in [3.63, 3.8) is 0 Å². The molecule has 0 amide bonds. The maximum absolute atomic E-state index is 14.7. The largest absolute Gasteiger partial charge is 0.402 e. The Hall–Kier alpha value is -2.89. The van der Waals surface area contributed by atoms with Crippen molar-refractivity contribution in [2.75, 3.05) is 37.4 Å². The number of sulfonamides is 1. The Morgan fingerprint density at radius 3 is 2.53 bits per heavy atom. The lowest BCUT2D eigenvalue weighted by atomic mass is 10.2. The first kappa shape index (κ1) is 25.4. The number of benzene rings is 2. The molecule has 0 saturated carbocycles. The molecular formula is C20H26ClF2N6O2S+. The van der Waals surface area contributed by atoms with Crippen molar-refractivity contribution < 1.29 is 21.6 Å². The summed E-state index contributed by atoms with van der Waals surface area (Å²) in [6.07, 6.45) is 1.19. The number of halogens is 3. The normalized spacial score (nSPS) is 12.7. The predicted molar refractivity (Wildman–Crippen MR) is 124 cm³/mol. The van der Waals surface area contributed by atoms with Crippen molar-refractivity contribution in [1.29, 1.82) is 0 Å². The van der Waals surface area contributed by atoms with Crippen LogP contribution < -0.4 is 31.4 Å². The number of nitrogens with one attached hydrogen (secondary N) is 3. The van der Waals surface area contributed by atoms with Crippen molar-refractivity contribution in [2.24, 2.45) is 11.5 Å². The van der Waals surface area contributed by atoms with E-state index in [1.54, 1.807) is 19.0 Å². The number of amidine groups is 1. The minimum atomic E-state index is -4.35. The van der Waals surface area contributed by atoms with Gasteiger partial charge in [0.05, 0.1) is 22.1 Å². The highest BCUT2D eigenvalue weighted by Crippen LogP contribution is 2.34. The third kappa shape index (κ3) is 6.55. The van der Waals surface area contributed by atoms with Gasteiger partial charge in [-0.1, -0.05) is 11.6 Å². The number of nitrogens with two attached hydrogens (primary N) is 2. The van der Waals surface area contributed by atoms with Gasteiger partial charge < -0.3 is 21.3 Å². The third-order valence-electron chi connectivity index (χ3n) is 4.28. The summed E-state index contributed by atoms with van der Waals surface area (Å²) < 4.78 is 55.6. The lowest BCUT2D eigenvalue weighted by molar-refractivity contribution is -0.267. The molecule has 0 bridgehead atoms. The van der Waals surface area contributed by atoms with Crippen LogP contribution in [0.15, 0.2) is 47.0 Å². The second kappa shape index (κ2) is 10.6. The smallest absolute Gasteiger partial charge is 0.331 e. The fourth-order valence-electron chi connectivity index (χ4n) is 2.79. The van der Waals surface area contributed by atoms with Crippen molar-refractivity contribution in [3.8, 4) is 0 Å². The molecule has 7 N–H and O–H groups in total. The molecule has 2 rings (SSSR count). The maximum atomic E-state index is 14.7. The summed E-state index contributed by atoms with van der Waals surface area (Å²) in [4.78, 5) is 1.12. The molecular weight excluding hydrogens is 462 g/mol. The topological polar surface area (TPSA) is 127 Å².